The van der Waals surface area contributed by atoms with E-state index in [1.165, 1.54) is 0 Å². The average molecular weight is 232 g/mol. The van der Waals surface area contributed by atoms with Crippen molar-refractivity contribution in [3.8, 4) is 18.1 Å². The molecule has 0 bridgehead atoms. The highest BCUT2D eigenvalue weighted by Crippen LogP contribution is 2.28. The molecule has 17 heavy (non-hydrogen) atoms. The Morgan fingerprint density at radius 3 is 2.76 bits per heavy atom. The molecule has 1 rings (SSSR count). The smallest absolute Gasteiger partial charge is 0.122 e. The Labute approximate surface area is 103 Å². The predicted octanol–water partition coefficient (Wildman–Crippen LogP) is 2.13. The van der Waals surface area contributed by atoms with E-state index >= 15 is 0 Å². The topological polar surface area (TPSA) is 35.5 Å². The highest BCUT2D eigenvalue weighted by molar-refractivity contribution is 5.54. The summed E-state index contributed by atoms with van der Waals surface area (Å²) in [6.45, 7) is 5.48. The van der Waals surface area contributed by atoms with Gasteiger partial charge in [-0.2, -0.15) is 0 Å². The molecule has 0 saturated carbocycles. The number of aromatic hydroxyl groups is 1. The van der Waals surface area contributed by atoms with Crippen molar-refractivity contribution < 1.29 is 5.11 Å². The quantitative estimate of drug-likeness (QED) is 0.763. The van der Waals surface area contributed by atoms with Crippen molar-refractivity contribution in [2.75, 3.05) is 25.0 Å². The van der Waals surface area contributed by atoms with Crippen LogP contribution in [-0.2, 0) is 0 Å². The van der Waals surface area contributed by atoms with E-state index in [1.54, 1.807) is 6.07 Å². The van der Waals surface area contributed by atoms with Crippen LogP contribution in [0.15, 0.2) is 18.2 Å². The lowest BCUT2D eigenvalue weighted by atomic mass is 10.1. The maximum absolute atomic E-state index is 9.99. The molecule has 2 N–H and O–H groups in total. The second-order valence-electron chi connectivity index (χ2n) is 4.08. The van der Waals surface area contributed by atoms with E-state index in [4.69, 9.17) is 6.42 Å². The molecule has 0 aromatic heterocycles. The molecule has 3 heteroatoms. The molecule has 1 atom stereocenters. The molecule has 3 nitrogen and oxygen atoms in total. The van der Waals surface area contributed by atoms with Crippen LogP contribution in [0.1, 0.15) is 25.5 Å². The maximum Gasteiger partial charge on any atom is 0.122 e. The Bertz CT molecular complexity index is 409. The SMILES string of the molecule is C#CCN(C)c1ccc(C(C)NCC)c(O)c1. The van der Waals surface area contributed by atoms with Crippen molar-refractivity contribution in [1.82, 2.24) is 5.32 Å². The molecular formula is C14H20N2O. The lowest BCUT2D eigenvalue weighted by molar-refractivity contribution is 0.454. The number of anilines is 1. The lowest BCUT2D eigenvalue weighted by Crippen LogP contribution is -2.19. The first-order valence-electron chi connectivity index (χ1n) is 5.81. The normalized spacial score (nSPS) is 11.9. The number of terminal acetylenes is 1. The summed E-state index contributed by atoms with van der Waals surface area (Å²) in [5.74, 6) is 2.88. The van der Waals surface area contributed by atoms with Crippen LogP contribution in [0.5, 0.6) is 5.75 Å². The van der Waals surface area contributed by atoms with Crippen molar-refractivity contribution >= 4 is 5.69 Å². The van der Waals surface area contributed by atoms with Gasteiger partial charge in [0.2, 0.25) is 0 Å². The van der Waals surface area contributed by atoms with Gasteiger partial charge in [-0.3, -0.25) is 0 Å². The van der Waals surface area contributed by atoms with E-state index in [9.17, 15) is 5.11 Å². The fourth-order valence-corrected chi connectivity index (χ4v) is 1.78. The molecule has 0 aliphatic heterocycles. The molecular weight excluding hydrogens is 212 g/mol. The minimum atomic E-state index is 0.145. The van der Waals surface area contributed by atoms with Crippen molar-refractivity contribution in [2.45, 2.75) is 19.9 Å². The van der Waals surface area contributed by atoms with E-state index in [0.717, 1.165) is 17.8 Å². The predicted molar refractivity (Wildman–Crippen MR) is 72.3 cm³/mol. The number of benzene rings is 1. The maximum atomic E-state index is 9.99. The van der Waals surface area contributed by atoms with Crippen LogP contribution in [0.4, 0.5) is 5.69 Å². The highest BCUT2D eigenvalue weighted by Gasteiger charge is 2.10. The van der Waals surface area contributed by atoms with E-state index in [-0.39, 0.29) is 6.04 Å². The van der Waals surface area contributed by atoms with Gasteiger partial charge in [0.15, 0.2) is 0 Å². The third-order valence-corrected chi connectivity index (χ3v) is 2.76. The van der Waals surface area contributed by atoms with E-state index in [2.05, 4.69) is 11.2 Å². The zero-order valence-electron chi connectivity index (χ0n) is 10.7. The van der Waals surface area contributed by atoms with E-state index < -0.39 is 0 Å². The average Bonchev–Trinajstić information content (AvgIpc) is 2.29. The Morgan fingerprint density at radius 1 is 1.53 bits per heavy atom. The Kier molecular flexibility index (Phi) is 4.86. The van der Waals surface area contributed by atoms with Crippen molar-refractivity contribution in [2.24, 2.45) is 0 Å². The Hall–Kier alpha value is -1.66. The summed E-state index contributed by atoms with van der Waals surface area (Å²) in [6.07, 6.45) is 5.26. The standard InChI is InChI=1S/C14H20N2O/c1-5-9-16(4)12-7-8-13(14(17)10-12)11(3)15-6-2/h1,7-8,10-11,15,17H,6,9H2,2-4H3. The van der Waals surface area contributed by atoms with Gasteiger partial charge in [0.05, 0.1) is 6.54 Å². The molecule has 1 aromatic carbocycles. The largest absolute Gasteiger partial charge is 0.508 e. The van der Waals surface area contributed by atoms with Gasteiger partial charge >= 0.3 is 0 Å². The van der Waals surface area contributed by atoms with Crippen LogP contribution in [0.25, 0.3) is 0 Å². The summed E-state index contributed by atoms with van der Waals surface area (Å²) in [6, 6.07) is 5.80. The fraction of sp³-hybridized carbons (Fsp3) is 0.429. The third kappa shape index (κ3) is 3.40. The van der Waals surface area contributed by atoms with E-state index in [0.29, 0.717) is 12.3 Å². The van der Waals surface area contributed by atoms with Gasteiger partial charge in [-0.15, -0.1) is 6.42 Å². The van der Waals surface area contributed by atoms with Crippen molar-refractivity contribution in [3.05, 3.63) is 23.8 Å². The van der Waals surface area contributed by atoms with Crippen molar-refractivity contribution in [3.63, 3.8) is 0 Å². The van der Waals surface area contributed by atoms with Crippen LogP contribution in [0, 0.1) is 12.3 Å². The number of nitrogens with zero attached hydrogens (tertiary/aromatic N) is 1. The number of hydrogen-bond donors (Lipinski definition) is 2. The van der Waals surface area contributed by atoms with Gasteiger partial charge in [-0.1, -0.05) is 18.9 Å². The van der Waals surface area contributed by atoms with Crippen LogP contribution in [-0.4, -0.2) is 25.2 Å². The van der Waals surface area contributed by atoms with Crippen molar-refractivity contribution in [1.29, 1.82) is 0 Å². The number of phenols is 1. The summed E-state index contributed by atoms with van der Waals surface area (Å²) in [5.41, 5.74) is 1.83. The second kappa shape index (κ2) is 6.17. The zero-order valence-corrected chi connectivity index (χ0v) is 10.7. The van der Waals surface area contributed by atoms with Crippen LogP contribution in [0.2, 0.25) is 0 Å². The third-order valence-electron chi connectivity index (χ3n) is 2.76. The Morgan fingerprint density at radius 2 is 2.24 bits per heavy atom. The number of rotatable bonds is 5. The summed E-state index contributed by atoms with van der Waals surface area (Å²) in [4.78, 5) is 1.92. The number of phenolic OH excluding ortho intramolecular Hbond substituents is 1. The van der Waals surface area contributed by atoms with E-state index in [1.807, 2.05) is 37.9 Å². The first-order valence-corrected chi connectivity index (χ1v) is 5.81. The molecule has 0 fully saturated rings. The lowest BCUT2D eigenvalue weighted by Gasteiger charge is -2.19. The summed E-state index contributed by atoms with van der Waals surface area (Å²) in [7, 11) is 1.90. The van der Waals surface area contributed by atoms with Gasteiger partial charge in [-0.05, 0) is 19.5 Å². The number of hydrogen-bond acceptors (Lipinski definition) is 3. The van der Waals surface area contributed by atoms with Gasteiger partial charge in [0.1, 0.15) is 5.75 Å². The molecule has 0 saturated heterocycles. The molecule has 1 unspecified atom stereocenters. The molecule has 0 aliphatic carbocycles. The van der Waals surface area contributed by atoms with Crippen LogP contribution >= 0.6 is 0 Å². The first-order chi connectivity index (χ1) is 8.10. The number of nitrogens with one attached hydrogen (secondary N) is 1. The molecule has 0 aliphatic rings. The van der Waals surface area contributed by atoms with Gasteiger partial charge in [-0.25, -0.2) is 0 Å². The highest BCUT2D eigenvalue weighted by atomic mass is 16.3. The summed E-state index contributed by atoms with van der Waals surface area (Å²) >= 11 is 0. The first kappa shape index (κ1) is 13.4. The second-order valence-corrected chi connectivity index (χ2v) is 4.08. The fourth-order valence-electron chi connectivity index (χ4n) is 1.78. The summed E-state index contributed by atoms with van der Waals surface area (Å²) in [5, 5.41) is 13.3. The Balaban J connectivity index is 2.90. The van der Waals surface area contributed by atoms with Gasteiger partial charge < -0.3 is 15.3 Å². The monoisotopic (exact) mass is 232 g/mol. The molecule has 0 spiro atoms. The molecule has 0 heterocycles. The molecule has 1 aromatic rings. The summed E-state index contributed by atoms with van der Waals surface area (Å²) < 4.78 is 0. The minimum Gasteiger partial charge on any atom is -0.508 e. The molecule has 0 radical (unpaired) electrons. The van der Waals surface area contributed by atoms with Crippen LogP contribution < -0.4 is 10.2 Å². The van der Waals surface area contributed by atoms with Gasteiger partial charge in [0, 0.05) is 30.4 Å². The van der Waals surface area contributed by atoms with Crippen LogP contribution in [0.3, 0.4) is 0 Å². The van der Waals surface area contributed by atoms with Gasteiger partial charge in [0.25, 0.3) is 0 Å². The molecule has 0 amide bonds. The zero-order chi connectivity index (χ0) is 12.8. The minimum absolute atomic E-state index is 0.145. The molecule has 92 valence electrons.